The van der Waals surface area contributed by atoms with Crippen LogP contribution in [0.15, 0.2) is 36.7 Å². The van der Waals surface area contributed by atoms with Crippen molar-refractivity contribution in [3.05, 3.63) is 47.8 Å². The van der Waals surface area contributed by atoms with Crippen molar-refractivity contribution in [2.75, 3.05) is 11.9 Å². The van der Waals surface area contributed by atoms with Gasteiger partial charge < -0.3 is 10.6 Å². The summed E-state index contributed by atoms with van der Waals surface area (Å²) in [6.45, 7) is 2.22. The van der Waals surface area contributed by atoms with Gasteiger partial charge in [-0.1, -0.05) is 17.7 Å². The van der Waals surface area contributed by atoms with E-state index < -0.39 is 0 Å². The van der Waals surface area contributed by atoms with E-state index >= 15 is 0 Å². The summed E-state index contributed by atoms with van der Waals surface area (Å²) in [5.41, 5.74) is 2.27. The number of hydrogen-bond donors (Lipinski definition) is 2. The van der Waals surface area contributed by atoms with Crippen molar-refractivity contribution in [3.8, 4) is 0 Å². The van der Waals surface area contributed by atoms with Crippen LogP contribution in [0.3, 0.4) is 0 Å². The van der Waals surface area contributed by atoms with Gasteiger partial charge in [-0.05, 0) is 19.1 Å². The largest absolute Gasteiger partial charge is 0.352 e. The summed E-state index contributed by atoms with van der Waals surface area (Å²) in [6, 6.07) is 7.32. The van der Waals surface area contributed by atoms with Gasteiger partial charge in [0, 0.05) is 31.8 Å². The maximum absolute atomic E-state index is 11.9. The minimum absolute atomic E-state index is 0.160. The fourth-order valence-electron chi connectivity index (χ4n) is 1.89. The Bertz CT molecular complexity index is 649. The molecule has 1 heterocycles. The highest BCUT2D eigenvalue weighted by molar-refractivity contribution is 5.95. The van der Waals surface area contributed by atoms with Crippen molar-refractivity contribution in [3.63, 3.8) is 0 Å². The van der Waals surface area contributed by atoms with Crippen LogP contribution in [0.1, 0.15) is 22.3 Å². The lowest BCUT2D eigenvalue weighted by Crippen LogP contribution is -2.27. The predicted molar refractivity (Wildman–Crippen MR) is 80.0 cm³/mol. The number of benzene rings is 1. The predicted octanol–water partition coefficient (Wildman–Crippen LogP) is 1.49. The molecule has 0 aliphatic heterocycles. The summed E-state index contributed by atoms with van der Waals surface area (Å²) in [5.74, 6) is -0.333. The fraction of sp³-hybridized carbons (Fsp3) is 0.267. The number of nitrogens with one attached hydrogen (secondary N) is 2. The van der Waals surface area contributed by atoms with E-state index in [1.54, 1.807) is 30.2 Å². The lowest BCUT2D eigenvalue weighted by molar-refractivity contribution is -0.116. The molecule has 0 saturated heterocycles. The molecule has 110 valence electrons. The van der Waals surface area contributed by atoms with Crippen molar-refractivity contribution in [2.24, 2.45) is 7.05 Å². The zero-order valence-electron chi connectivity index (χ0n) is 12.1. The highest BCUT2D eigenvalue weighted by atomic mass is 16.2. The minimum Gasteiger partial charge on any atom is -0.352 e. The Kier molecular flexibility index (Phi) is 4.71. The van der Waals surface area contributed by atoms with Crippen LogP contribution in [-0.2, 0) is 11.8 Å². The van der Waals surface area contributed by atoms with E-state index in [0.29, 0.717) is 17.8 Å². The summed E-state index contributed by atoms with van der Waals surface area (Å²) < 4.78 is 1.61. The van der Waals surface area contributed by atoms with Crippen LogP contribution in [0, 0.1) is 6.92 Å². The van der Waals surface area contributed by atoms with E-state index in [1.807, 2.05) is 25.1 Å². The van der Waals surface area contributed by atoms with Crippen molar-refractivity contribution in [1.29, 1.82) is 0 Å². The van der Waals surface area contributed by atoms with Crippen LogP contribution in [0.4, 0.5) is 5.69 Å². The second-order valence-corrected chi connectivity index (χ2v) is 4.83. The standard InChI is InChI=1S/C15H18N4O2/c1-11-4-3-5-12(8-11)15(21)16-7-6-14(20)18-13-9-17-19(2)10-13/h3-5,8-10H,6-7H2,1-2H3,(H,16,21)(H,18,20). The first-order valence-corrected chi connectivity index (χ1v) is 6.68. The molecule has 6 nitrogen and oxygen atoms in total. The molecule has 0 aliphatic carbocycles. The molecule has 0 unspecified atom stereocenters. The van der Waals surface area contributed by atoms with E-state index in [0.717, 1.165) is 5.56 Å². The zero-order valence-corrected chi connectivity index (χ0v) is 12.1. The smallest absolute Gasteiger partial charge is 0.251 e. The third kappa shape index (κ3) is 4.45. The molecular weight excluding hydrogens is 268 g/mol. The van der Waals surface area contributed by atoms with Crippen molar-refractivity contribution >= 4 is 17.5 Å². The lowest BCUT2D eigenvalue weighted by atomic mass is 10.1. The summed E-state index contributed by atoms with van der Waals surface area (Å²) in [7, 11) is 1.78. The van der Waals surface area contributed by atoms with E-state index in [2.05, 4.69) is 15.7 Å². The summed E-state index contributed by atoms with van der Waals surface area (Å²) >= 11 is 0. The van der Waals surface area contributed by atoms with Gasteiger partial charge in [0.15, 0.2) is 0 Å². The third-order valence-corrected chi connectivity index (χ3v) is 2.91. The molecule has 1 aromatic carbocycles. The molecule has 21 heavy (non-hydrogen) atoms. The second-order valence-electron chi connectivity index (χ2n) is 4.83. The van der Waals surface area contributed by atoms with Crippen LogP contribution in [0.5, 0.6) is 0 Å². The number of nitrogens with zero attached hydrogens (tertiary/aromatic N) is 2. The van der Waals surface area contributed by atoms with E-state index in [1.165, 1.54) is 0 Å². The van der Waals surface area contributed by atoms with Crippen molar-refractivity contribution < 1.29 is 9.59 Å². The summed E-state index contributed by atoms with van der Waals surface area (Å²) in [6.07, 6.45) is 3.50. The third-order valence-electron chi connectivity index (χ3n) is 2.91. The number of aromatic nitrogens is 2. The number of anilines is 1. The fourth-order valence-corrected chi connectivity index (χ4v) is 1.89. The molecule has 6 heteroatoms. The maximum atomic E-state index is 11.9. The highest BCUT2D eigenvalue weighted by Crippen LogP contribution is 2.05. The molecular formula is C15H18N4O2. The van der Waals surface area contributed by atoms with Gasteiger partial charge in [0.1, 0.15) is 0 Å². The van der Waals surface area contributed by atoms with Gasteiger partial charge in [-0.25, -0.2) is 0 Å². The van der Waals surface area contributed by atoms with E-state index in [9.17, 15) is 9.59 Å². The SMILES string of the molecule is Cc1cccc(C(=O)NCCC(=O)Nc2cnn(C)c2)c1. The Hall–Kier alpha value is -2.63. The quantitative estimate of drug-likeness (QED) is 0.874. The number of aryl methyl sites for hydroxylation is 2. The first-order chi connectivity index (χ1) is 10.0. The van der Waals surface area contributed by atoms with Crippen LogP contribution < -0.4 is 10.6 Å². The molecule has 2 amide bonds. The molecule has 0 atom stereocenters. The normalized spacial score (nSPS) is 10.2. The van der Waals surface area contributed by atoms with Gasteiger partial charge >= 0.3 is 0 Å². The molecule has 2 rings (SSSR count). The molecule has 0 fully saturated rings. The van der Waals surface area contributed by atoms with E-state index in [4.69, 9.17) is 0 Å². The molecule has 0 spiro atoms. The number of rotatable bonds is 5. The first-order valence-electron chi connectivity index (χ1n) is 6.68. The van der Waals surface area contributed by atoms with Crippen LogP contribution in [0.2, 0.25) is 0 Å². The summed E-state index contributed by atoms with van der Waals surface area (Å²) in [5, 5.41) is 9.40. The maximum Gasteiger partial charge on any atom is 0.251 e. The average molecular weight is 286 g/mol. The Morgan fingerprint density at radius 1 is 1.33 bits per heavy atom. The Labute approximate surface area is 123 Å². The van der Waals surface area contributed by atoms with Gasteiger partial charge in [0.05, 0.1) is 11.9 Å². The summed E-state index contributed by atoms with van der Waals surface area (Å²) in [4.78, 5) is 23.6. The Morgan fingerprint density at radius 3 is 2.81 bits per heavy atom. The van der Waals surface area contributed by atoms with Crippen LogP contribution in [-0.4, -0.2) is 28.1 Å². The topological polar surface area (TPSA) is 76.0 Å². The Balaban J connectivity index is 1.76. The van der Waals surface area contributed by atoms with Crippen molar-refractivity contribution in [1.82, 2.24) is 15.1 Å². The van der Waals surface area contributed by atoms with Gasteiger partial charge in [-0.15, -0.1) is 0 Å². The molecule has 1 aromatic heterocycles. The lowest BCUT2D eigenvalue weighted by Gasteiger charge is -2.06. The molecule has 2 aromatic rings. The van der Waals surface area contributed by atoms with Crippen LogP contribution >= 0.6 is 0 Å². The van der Waals surface area contributed by atoms with Crippen LogP contribution in [0.25, 0.3) is 0 Å². The Morgan fingerprint density at radius 2 is 2.14 bits per heavy atom. The molecule has 0 saturated carbocycles. The zero-order chi connectivity index (χ0) is 15.2. The average Bonchev–Trinajstić information content (AvgIpc) is 2.84. The van der Waals surface area contributed by atoms with Gasteiger partial charge in [-0.3, -0.25) is 14.3 Å². The van der Waals surface area contributed by atoms with Gasteiger partial charge in [0.25, 0.3) is 5.91 Å². The minimum atomic E-state index is -0.173. The monoisotopic (exact) mass is 286 g/mol. The van der Waals surface area contributed by atoms with Gasteiger partial charge in [0.2, 0.25) is 5.91 Å². The molecule has 2 N–H and O–H groups in total. The number of carbonyl (C=O) groups is 2. The highest BCUT2D eigenvalue weighted by Gasteiger charge is 2.07. The van der Waals surface area contributed by atoms with Crippen molar-refractivity contribution in [2.45, 2.75) is 13.3 Å². The second kappa shape index (κ2) is 6.69. The van der Waals surface area contributed by atoms with E-state index in [-0.39, 0.29) is 18.2 Å². The van der Waals surface area contributed by atoms with Gasteiger partial charge in [-0.2, -0.15) is 5.10 Å². The molecule has 0 bridgehead atoms. The number of hydrogen-bond acceptors (Lipinski definition) is 3. The number of amides is 2. The molecule has 0 aliphatic rings. The number of carbonyl (C=O) groups excluding carboxylic acids is 2. The first kappa shape index (κ1) is 14.8. The molecule has 0 radical (unpaired) electrons.